The molecule has 0 saturated carbocycles. The van der Waals surface area contributed by atoms with Gasteiger partial charge in [0.15, 0.2) is 0 Å². The van der Waals surface area contributed by atoms with Gasteiger partial charge < -0.3 is 0 Å². The van der Waals surface area contributed by atoms with Gasteiger partial charge >= 0.3 is 0 Å². The largest absolute Gasteiger partial charge is 0.271 e. The molecule has 0 heterocycles. The van der Waals surface area contributed by atoms with E-state index in [4.69, 9.17) is 5.84 Å². The fraction of sp³-hybridized carbons (Fsp3) is 0.571. The van der Waals surface area contributed by atoms with E-state index in [9.17, 15) is 0 Å². The first-order valence-electron chi connectivity index (χ1n) is 6.46. The van der Waals surface area contributed by atoms with Crippen LogP contribution in [0.25, 0.3) is 0 Å². The summed E-state index contributed by atoms with van der Waals surface area (Å²) in [5.74, 6) is 8.72. The van der Waals surface area contributed by atoms with Crippen LogP contribution < -0.4 is 11.3 Å². The molecule has 94 valence electrons. The van der Waals surface area contributed by atoms with Crippen LogP contribution in [0.4, 0.5) is 0 Å². The third-order valence-electron chi connectivity index (χ3n) is 3.43. The summed E-state index contributed by atoms with van der Waals surface area (Å²) in [7, 11) is 0. The van der Waals surface area contributed by atoms with Crippen LogP contribution >= 0.6 is 11.8 Å². The van der Waals surface area contributed by atoms with Crippen LogP contribution in [0.5, 0.6) is 0 Å². The summed E-state index contributed by atoms with van der Waals surface area (Å²) in [6.07, 6.45) is 3.64. The Labute approximate surface area is 108 Å². The van der Waals surface area contributed by atoms with Gasteiger partial charge in [0.05, 0.1) is 0 Å². The first-order valence-corrected chi connectivity index (χ1v) is 7.62. The Kier molecular flexibility index (Phi) is 4.89. The maximum absolute atomic E-state index is 5.64. The fourth-order valence-electron chi connectivity index (χ4n) is 2.47. The molecule has 0 spiro atoms. The summed E-state index contributed by atoms with van der Waals surface area (Å²) < 4.78 is 0. The van der Waals surface area contributed by atoms with Crippen LogP contribution in [0.1, 0.15) is 36.8 Å². The number of hydrazine groups is 1. The summed E-state index contributed by atoms with van der Waals surface area (Å²) in [5.41, 5.74) is 6.03. The Bertz CT molecular complexity index is 354. The number of thioether (sulfide) groups is 1. The second kappa shape index (κ2) is 6.43. The van der Waals surface area contributed by atoms with Crippen molar-refractivity contribution in [1.82, 2.24) is 5.43 Å². The molecule has 17 heavy (non-hydrogen) atoms. The second-order valence-electron chi connectivity index (χ2n) is 4.77. The average molecular weight is 250 g/mol. The normalized spacial score (nSPS) is 19.5. The van der Waals surface area contributed by atoms with Gasteiger partial charge in [0.1, 0.15) is 0 Å². The molecule has 3 N–H and O–H groups in total. The molecule has 0 aliphatic heterocycles. The molecule has 2 rings (SSSR count). The molecule has 1 aliphatic carbocycles. The lowest BCUT2D eigenvalue weighted by Gasteiger charge is -2.32. The molecule has 0 amide bonds. The summed E-state index contributed by atoms with van der Waals surface area (Å²) >= 11 is 2.00. The zero-order valence-electron chi connectivity index (χ0n) is 10.5. The van der Waals surface area contributed by atoms with E-state index in [1.165, 1.54) is 36.1 Å². The number of nitrogens with two attached hydrogens (primary N) is 1. The third kappa shape index (κ3) is 3.24. The van der Waals surface area contributed by atoms with E-state index in [-0.39, 0.29) is 0 Å². The van der Waals surface area contributed by atoms with Crippen molar-refractivity contribution in [2.24, 2.45) is 5.84 Å². The molecule has 1 aromatic rings. The van der Waals surface area contributed by atoms with Gasteiger partial charge in [0.25, 0.3) is 0 Å². The lowest BCUT2D eigenvalue weighted by molar-refractivity contribution is 0.452. The minimum Gasteiger partial charge on any atom is -0.271 e. The highest BCUT2D eigenvalue weighted by molar-refractivity contribution is 7.99. The van der Waals surface area contributed by atoms with E-state index >= 15 is 0 Å². The molecule has 0 saturated heterocycles. The van der Waals surface area contributed by atoms with Crippen LogP contribution in [0.15, 0.2) is 24.3 Å². The lowest BCUT2D eigenvalue weighted by Crippen LogP contribution is -2.39. The standard InChI is InChI=1S/C14H22N2S/c1-2-7-17-10-13(16-15)9-12-8-11-5-3-4-6-14(11)12/h3-6,12-13,16H,2,7-10,15H2,1H3. The van der Waals surface area contributed by atoms with E-state index in [0.29, 0.717) is 6.04 Å². The summed E-state index contributed by atoms with van der Waals surface area (Å²) in [4.78, 5) is 0. The van der Waals surface area contributed by atoms with E-state index in [1.54, 1.807) is 0 Å². The Balaban J connectivity index is 1.81. The Morgan fingerprint density at radius 2 is 2.29 bits per heavy atom. The van der Waals surface area contributed by atoms with Gasteiger partial charge in [-0.3, -0.25) is 11.3 Å². The van der Waals surface area contributed by atoms with Gasteiger partial charge in [-0.2, -0.15) is 11.8 Å². The summed E-state index contributed by atoms with van der Waals surface area (Å²) in [6.45, 7) is 2.22. The molecule has 2 unspecified atom stereocenters. The van der Waals surface area contributed by atoms with Crippen molar-refractivity contribution >= 4 is 11.8 Å². The first-order chi connectivity index (χ1) is 8.35. The third-order valence-corrected chi connectivity index (χ3v) is 4.77. The minimum atomic E-state index is 0.449. The highest BCUT2D eigenvalue weighted by atomic mass is 32.2. The smallest absolute Gasteiger partial charge is 0.0307 e. The van der Waals surface area contributed by atoms with E-state index in [1.807, 2.05) is 11.8 Å². The Hall–Kier alpha value is -0.510. The molecular weight excluding hydrogens is 228 g/mol. The molecule has 2 atom stereocenters. The predicted molar refractivity (Wildman–Crippen MR) is 76.2 cm³/mol. The van der Waals surface area contributed by atoms with Crippen molar-refractivity contribution < 1.29 is 0 Å². The molecule has 1 aromatic carbocycles. The van der Waals surface area contributed by atoms with Crippen molar-refractivity contribution in [3.05, 3.63) is 35.4 Å². The van der Waals surface area contributed by atoms with E-state index in [0.717, 1.165) is 11.7 Å². The first kappa shape index (κ1) is 12.9. The molecule has 1 aliphatic rings. The van der Waals surface area contributed by atoms with Gasteiger partial charge in [0.2, 0.25) is 0 Å². The van der Waals surface area contributed by atoms with Gasteiger partial charge in [0, 0.05) is 11.8 Å². The monoisotopic (exact) mass is 250 g/mol. The van der Waals surface area contributed by atoms with Crippen molar-refractivity contribution in [3.63, 3.8) is 0 Å². The topological polar surface area (TPSA) is 38.0 Å². The van der Waals surface area contributed by atoms with Crippen LogP contribution in [0.3, 0.4) is 0 Å². The minimum absolute atomic E-state index is 0.449. The highest BCUT2D eigenvalue weighted by Crippen LogP contribution is 2.38. The Morgan fingerprint density at radius 1 is 1.47 bits per heavy atom. The number of rotatable bonds is 7. The van der Waals surface area contributed by atoms with E-state index in [2.05, 4.69) is 36.6 Å². The molecule has 0 aromatic heterocycles. The van der Waals surface area contributed by atoms with Gasteiger partial charge in [-0.15, -0.1) is 0 Å². The van der Waals surface area contributed by atoms with E-state index < -0.39 is 0 Å². The van der Waals surface area contributed by atoms with Crippen LogP contribution in [-0.4, -0.2) is 17.5 Å². The molecule has 0 fully saturated rings. The summed E-state index contributed by atoms with van der Waals surface area (Å²) in [6, 6.07) is 9.22. The SMILES string of the molecule is CCCSCC(CC1Cc2ccccc21)NN. The molecule has 2 nitrogen and oxygen atoms in total. The van der Waals surface area contributed by atoms with Gasteiger partial charge in [-0.05, 0) is 42.1 Å². The highest BCUT2D eigenvalue weighted by Gasteiger charge is 2.27. The zero-order valence-corrected chi connectivity index (χ0v) is 11.3. The van der Waals surface area contributed by atoms with Crippen molar-refractivity contribution in [1.29, 1.82) is 0 Å². The maximum Gasteiger partial charge on any atom is 0.0307 e. The number of hydrogen-bond donors (Lipinski definition) is 2. The lowest BCUT2D eigenvalue weighted by atomic mass is 9.75. The second-order valence-corrected chi connectivity index (χ2v) is 5.92. The summed E-state index contributed by atoms with van der Waals surface area (Å²) in [5, 5.41) is 0. The maximum atomic E-state index is 5.64. The van der Waals surface area contributed by atoms with Crippen LogP contribution in [-0.2, 0) is 6.42 Å². The quantitative estimate of drug-likeness (QED) is 0.444. The van der Waals surface area contributed by atoms with Crippen LogP contribution in [0, 0.1) is 0 Å². The molecular formula is C14H22N2S. The fourth-order valence-corrected chi connectivity index (χ4v) is 3.44. The predicted octanol–water partition coefficient (Wildman–Crippen LogP) is 2.69. The van der Waals surface area contributed by atoms with Gasteiger partial charge in [-0.1, -0.05) is 31.2 Å². The number of benzene rings is 1. The van der Waals surface area contributed by atoms with Crippen molar-refractivity contribution in [2.45, 2.75) is 38.1 Å². The number of hydrogen-bond acceptors (Lipinski definition) is 3. The van der Waals surface area contributed by atoms with Crippen molar-refractivity contribution in [3.8, 4) is 0 Å². The number of fused-ring (bicyclic) bond motifs is 1. The average Bonchev–Trinajstić information content (AvgIpc) is 2.34. The van der Waals surface area contributed by atoms with Gasteiger partial charge in [-0.25, -0.2) is 0 Å². The zero-order chi connectivity index (χ0) is 12.1. The molecule has 3 heteroatoms. The van der Waals surface area contributed by atoms with Crippen molar-refractivity contribution in [2.75, 3.05) is 11.5 Å². The Morgan fingerprint density at radius 3 is 3.00 bits per heavy atom. The number of nitrogens with one attached hydrogen (secondary N) is 1. The molecule has 0 bridgehead atoms. The molecule has 0 radical (unpaired) electrons. The van der Waals surface area contributed by atoms with Crippen LogP contribution in [0.2, 0.25) is 0 Å².